The Hall–Kier alpha value is -1.39. The van der Waals surface area contributed by atoms with Crippen LogP contribution in [0.25, 0.3) is 0 Å². The molecule has 0 N–H and O–H groups in total. The van der Waals surface area contributed by atoms with Crippen LogP contribution in [0.3, 0.4) is 0 Å². The summed E-state index contributed by atoms with van der Waals surface area (Å²) in [5.41, 5.74) is 0.656. The molecule has 0 radical (unpaired) electrons. The number of ketones is 1. The van der Waals surface area contributed by atoms with E-state index in [1.54, 1.807) is 42.9 Å². The number of carbonyl (C=O) groups is 1. The molecule has 0 fully saturated rings. The summed E-state index contributed by atoms with van der Waals surface area (Å²) in [6.07, 6.45) is 4.87. The van der Waals surface area contributed by atoms with Gasteiger partial charge in [-0.15, -0.1) is 0 Å². The number of aromatic nitrogens is 2. The average molecular weight is 279 g/mol. The summed E-state index contributed by atoms with van der Waals surface area (Å²) in [7, 11) is 0. The van der Waals surface area contributed by atoms with Crippen LogP contribution in [0.4, 0.5) is 0 Å². The van der Waals surface area contributed by atoms with E-state index < -0.39 is 0 Å². The molecule has 0 aliphatic heterocycles. The van der Waals surface area contributed by atoms with E-state index >= 15 is 0 Å². The third-order valence-corrected chi connectivity index (χ3v) is 3.61. The Morgan fingerprint density at radius 2 is 2.00 bits per heavy atom. The molecule has 1 unspecified atom stereocenters. The Morgan fingerprint density at radius 1 is 1.28 bits per heavy atom. The van der Waals surface area contributed by atoms with Crippen LogP contribution in [-0.2, 0) is 0 Å². The van der Waals surface area contributed by atoms with Gasteiger partial charge in [0.05, 0.1) is 11.4 Å². The lowest BCUT2D eigenvalue weighted by molar-refractivity contribution is 0.0994. The van der Waals surface area contributed by atoms with Crippen molar-refractivity contribution < 1.29 is 4.79 Å². The van der Waals surface area contributed by atoms with Gasteiger partial charge in [0.1, 0.15) is 5.03 Å². The van der Waals surface area contributed by atoms with Crippen LogP contribution in [-0.4, -0.2) is 21.0 Å². The molecule has 0 saturated carbocycles. The minimum Gasteiger partial charge on any atom is -0.293 e. The van der Waals surface area contributed by atoms with Gasteiger partial charge in [0.2, 0.25) is 0 Å². The first-order valence-electron chi connectivity index (χ1n) is 5.39. The second kappa shape index (κ2) is 5.98. The minimum absolute atomic E-state index is 0.0577. The number of hydrogen-bond acceptors (Lipinski definition) is 4. The van der Waals surface area contributed by atoms with Crippen molar-refractivity contribution >= 4 is 29.1 Å². The first-order valence-corrected chi connectivity index (χ1v) is 6.65. The highest BCUT2D eigenvalue weighted by atomic mass is 35.5. The molecular formula is C13H11ClN2OS. The van der Waals surface area contributed by atoms with E-state index in [0.717, 1.165) is 5.03 Å². The van der Waals surface area contributed by atoms with Crippen LogP contribution in [0.2, 0.25) is 5.02 Å². The van der Waals surface area contributed by atoms with E-state index in [9.17, 15) is 4.79 Å². The van der Waals surface area contributed by atoms with E-state index in [4.69, 9.17) is 11.6 Å². The highest BCUT2D eigenvalue weighted by Gasteiger charge is 2.16. The normalized spacial score (nSPS) is 12.1. The Bertz CT molecular complexity index is 530. The number of nitrogens with zero attached hydrogens (tertiary/aromatic N) is 2. The topological polar surface area (TPSA) is 42.9 Å². The molecule has 0 aliphatic carbocycles. The first kappa shape index (κ1) is 13.1. The Balaban J connectivity index is 2.07. The summed E-state index contributed by atoms with van der Waals surface area (Å²) in [6.45, 7) is 1.86. The largest absolute Gasteiger partial charge is 0.293 e. The van der Waals surface area contributed by atoms with Crippen molar-refractivity contribution in [2.24, 2.45) is 0 Å². The molecule has 0 spiro atoms. The lowest BCUT2D eigenvalue weighted by Gasteiger charge is -2.09. The van der Waals surface area contributed by atoms with Crippen LogP contribution in [0, 0.1) is 0 Å². The molecule has 0 bridgehead atoms. The van der Waals surface area contributed by atoms with Gasteiger partial charge < -0.3 is 0 Å². The molecule has 0 aliphatic rings. The third kappa shape index (κ3) is 3.31. The quantitative estimate of drug-likeness (QED) is 0.634. The van der Waals surface area contributed by atoms with Gasteiger partial charge >= 0.3 is 0 Å². The van der Waals surface area contributed by atoms with Gasteiger partial charge in [-0.25, -0.2) is 4.98 Å². The van der Waals surface area contributed by atoms with E-state index in [2.05, 4.69) is 9.97 Å². The molecule has 1 atom stereocenters. The van der Waals surface area contributed by atoms with Crippen LogP contribution in [0.15, 0.2) is 47.9 Å². The predicted molar refractivity (Wildman–Crippen MR) is 73.1 cm³/mol. The van der Waals surface area contributed by atoms with E-state index in [1.807, 2.05) is 6.92 Å². The van der Waals surface area contributed by atoms with E-state index in [0.29, 0.717) is 10.6 Å². The van der Waals surface area contributed by atoms with Gasteiger partial charge in [0.15, 0.2) is 5.78 Å². The van der Waals surface area contributed by atoms with E-state index in [-0.39, 0.29) is 11.0 Å². The number of halogens is 1. The second-order valence-corrected chi connectivity index (χ2v) is 5.47. The van der Waals surface area contributed by atoms with Crippen molar-refractivity contribution in [2.75, 3.05) is 0 Å². The fraction of sp³-hybridized carbons (Fsp3) is 0.154. The summed E-state index contributed by atoms with van der Waals surface area (Å²) < 4.78 is 0. The monoisotopic (exact) mass is 278 g/mol. The molecule has 2 rings (SSSR count). The van der Waals surface area contributed by atoms with Crippen LogP contribution in [0.1, 0.15) is 17.3 Å². The average Bonchev–Trinajstić information content (AvgIpc) is 2.40. The number of carbonyl (C=O) groups excluding carboxylic acids is 1. The summed E-state index contributed by atoms with van der Waals surface area (Å²) in [5, 5.41) is 1.16. The Morgan fingerprint density at radius 3 is 2.61 bits per heavy atom. The van der Waals surface area contributed by atoms with Gasteiger partial charge in [-0.1, -0.05) is 23.4 Å². The van der Waals surface area contributed by atoms with Gasteiger partial charge in [0.25, 0.3) is 0 Å². The van der Waals surface area contributed by atoms with E-state index in [1.165, 1.54) is 11.8 Å². The fourth-order valence-corrected chi connectivity index (χ4v) is 2.40. The van der Waals surface area contributed by atoms with Crippen molar-refractivity contribution in [2.45, 2.75) is 17.2 Å². The summed E-state index contributed by atoms with van der Waals surface area (Å²) in [4.78, 5) is 20.3. The lowest BCUT2D eigenvalue weighted by atomic mass is 10.1. The molecule has 0 saturated heterocycles. The zero-order valence-corrected chi connectivity index (χ0v) is 11.3. The minimum atomic E-state index is -0.206. The summed E-state index contributed by atoms with van der Waals surface area (Å²) in [6, 6.07) is 6.90. The highest BCUT2D eigenvalue weighted by molar-refractivity contribution is 8.00. The zero-order chi connectivity index (χ0) is 13.0. The molecule has 5 heteroatoms. The van der Waals surface area contributed by atoms with Crippen molar-refractivity contribution in [1.29, 1.82) is 0 Å². The smallest absolute Gasteiger partial charge is 0.175 e. The molecule has 1 heterocycles. The highest BCUT2D eigenvalue weighted by Crippen LogP contribution is 2.23. The molecular weight excluding hydrogens is 268 g/mol. The molecule has 92 valence electrons. The maximum atomic E-state index is 12.1. The van der Waals surface area contributed by atoms with Crippen LogP contribution >= 0.6 is 23.4 Å². The number of benzene rings is 1. The van der Waals surface area contributed by atoms with Gasteiger partial charge in [-0.3, -0.25) is 9.78 Å². The molecule has 1 aromatic carbocycles. The number of thioether (sulfide) groups is 1. The van der Waals surface area contributed by atoms with Crippen LogP contribution < -0.4 is 0 Å². The van der Waals surface area contributed by atoms with Crippen molar-refractivity contribution in [3.05, 3.63) is 53.4 Å². The molecule has 0 amide bonds. The Labute approximate surface area is 115 Å². The molecule has 1 aromatic heterocycles. The Kier molecular flexibility index (Phi) is 4.33. The summed E-state index contributed by atoms with van der Waals surface area (Å²) >= 11 is 7.19. The molecule has 2 aromatic rings. The molecule has 3 nitrogen and oxygen atoms in total. The van der Waals surface area contributed by atoms with Gasteiger partial charge in [-0.05, 0) is 31.2 Å². The zero-order valence-electron chi connectivity index (χ0n) is 9.71. The maximum absolute atomic E-state index is 12.1. The lowest BCUT2D eigenvalue weighted by Crippen LogP contribution is -2.13. The number of rotatable bonds is 4. The third-order valence-electron chi connectivity index (χ3n) is 2.33. The van der Waals surface area contributed by atoms with Crippen molar-refractivity contribution in [1.82, 2.24) is 9.97 Å². The van der Waals surface area contributed by atoms with Crippen LogP contribution in [0.5, 0.6) is 0 Å². The summed E-state index contributed by atoms with van der Waals surface area (Å²) in [5.74, 6) is 0.0577. The maximum Gasteiger partial charge on any atom is 0.175 e. The molecule has 18 heavy (non-hydrogen) atoms. The van der Waals surface area contributed by atoms with Crippen molar-refractivity contribution in [3.63, 3.8) is 0 Å². The second-order valence-electron chi connectivity index (χ2n) is 3.67. The fourth-order valence-electron chi connectivity index (χ4n) is 1.43. The SMILES string of the molecule is CC(Sc1cnccn1)C(=O)c1ccc(Cl)cc1. The standard InChI is InChI=1S/C13H11ClN2OS/c1-9(18-12-8-15-6-7-16-12)13(17)10-2-4-11(14)5-3-10/h2-9H,1H3. The van der Waals surface area contributed by atoms with Gasteiger partial charge in [-0.2, -0.15) is 0 Å². The number of Topliss-reactive ketones (excluding diaryl/α,β-unsaturated/α-hetero) is 1. The predicted octanol–water partition coefficient (Wildman–Crippen LogP) is 3.49. The first-order chi connectivity index (χ1) is 8.66. The number of hydrogen-bond donors (Lipinski definition) is 0. The van der Waals surface area contributed by atoms with Gasteiger partial charge in [0, 0.05) is 23.0 Å². The van der Waals surface area contributed by atoms with Crippen molar-refractivity contribution in [3.8, 4) is 0 Å².